The van der Waals surface area contributed by atoms with Gasteiger partial charge in [0.25, 0.3) is 0 Å². The molecule has 0 fully saturated rings. The van der Waals surface area contributed by atoms with Crippen molar-refractivity contribution < 1.29 is 4.74 Å². The van der Waals surface area contributed by atoms with Gasteiger partial charge in [0.05, 0.1) is 4.90 Å². The predicted molar refractivity (Wildman–Crippen MR) is 48.2 cm³/mol. The number of fused-ring (bicyclic) bond motifs is 1. The van der Waals surface area contributed by atoms with Gasteiger partial charge in [0.1, 0.15) is 6.10 Å². The molecule has 4 heteroatoms. The molecule has 0 bridgehead atoms. The van der Waals surface area contributed by atoms with Crippen molar-refractivity contribution in [2.45, 2.75) is 17.9 Å². The second kappa shape index (κ2) is 3.33. The fraction of sp³-hybridized carbons (Fsp3) is 0.375. The van der Waals surface area contributed by atoms with E-state index in [4.69, 9.17) is 4.74 Å². The Morgan fingerprint density at radius 3 is 3.58 bits per heavy atom. The van der Waals surface area contributed by atoms with Crippen LogP contribution in [0.5, 0.6) is 5.88 Å². The highest BCUT2D eigenvalue weighted by Crippen LogP contribution is 2.27. The fourth-order valence-electron chi connectivity index (χ4n) is 1.01. The summed E-state index contributed by atoms with van der Waals surface area (Å²) in [6.07, 6.45) is 1.94. The Morgan fingerprint density at radius 2 is 2.67 bits per heavy atom. The maximum absolute atomic E-state index is 5.56. The van der Waals surface area contributed by atoms with Gasteiger partial charge in [-0.1, -0.05) is 0 Å². The van der Waals surface area contributed by atoms with Crippen LogP contribution in [0.2, 0.25) is 0 Å². The van der Waals surface area contributed by atoms with Crippen LogP contribution in [-0.2, 0) is 0 Å². The Bertz CT molecular complexity index is 280. The molecule has 0 aliphatic carbocycles. The van der Waals surface area contributed by atoms with Crippen LogP contribution in [0, 0.1) is 0 Å². The van der Waals surface area contributed by atoms with E-state index in [0.717, 1.165) is 17.3 Å². The molecule has 0 amide bonds. The molecular formula is C8H10N2OS. The zero-order valence-electron chi connectivity index (χ0n) is 6.78. The van der Waals surface area contributed by atoms with Crippen molar-refractivity contribution in [1.82, 2.24) is 9.71 Å². The van der Waals surface area contributed by atoms with Crippen LogP contribution < -0.4 is 9.46 Å². The Labute approximate surface area is 75.7 Å². The fourth-order valence-corrected chi connectivity index (χ4v) is 1.82. The summed E-state index contributed by atoms with van der Waals surface area (Å²) in [6, 6.07) is 3.91. The summed E-state index contributed by atoms with van der Waals surface area (Å²) in [5.74, 6) is 0.736. The van der Waals surface area contributed by atoms with Crippen molar-refractivity contribution in [3.8, 4) is 5.88 Å². The van der Waals surface area contributed by atoms with Gasteiger partial charge in [-0.25, -0.2) is 4.98 Å². The Morgan fingerprint density at radius 1 is 1.75 bits per heavy atom. The molecule has 12 heavy (non-hydrogen) atoms. The van der Waals surface area contributed by atoms with E-state index in [0.29, 0.717) is 0 Å². The number of hydrogen-bond donors (Lipinski definition) is 1. The van der Waals surface area contributed by atoms with Crippen LogP contribution in [0.4, 0.5) is 0 Å². The summed E-state index contributed by atoms with van der Waals surface area (Å²) < 4.78 is 8.77. The van der Waals surface area contributed by atoms with E-state index in [2.05, 4.69) is 9.71 Å². The van der Waals surface area contributed by atoms with Crippen molar-refractivity contribution in [3.63, 3.8) is 0 Å². The molecule has 3 nitrogen and oxygen atoms in total. The van der Waals surface area contributed by atoms with Crippen LogP contribution >= 0.6 is 11.9 Å². The number of ether oxygens (including phenoxy) is 1. The third-order valence-corrected chi connectivity index (χ3v) is 2.44. The van der Waals surface area contributed by atoms with Crippen molar-refractivity contribution in [2.24, 2.45) is 0 Å². The van der Waals surface area contributed by atoms with E-state index in [-0.39, 0.29) is 6.10 Å². The van der Waals surface area contributed by atoms with Gasteiger partial charge >= 0.3 is 0 Å². The van der Waals surface area contributed by atoms with Gasteiger partial charge < -0.3 is 4.74 Å². The largest absolute Gasteiger partial charge is 0.472 e. The molecule has 1 aromatic rings. The van der Waals surface area contributed by atoms with Crippen molar-refractivity contribution >= 4 is 11.9 Å². The summed E-state index contributed by atoms with van der Waals surface area (Å²) in [6.45, 7) is 2.87. The Balaban J connectivity index is 2.31. The van der Waals surface area contributed by atoms with E-state index in [1.165, 1.54) is 0 Å². The molecule has 2 heterocycles. The second-order valence-corrected chi connectivity index (χ2v) is 3.62. The molecule has 0 saturated carbocycles. The number of rotatable bonds is 0. The highest BCUT2D eigenvalue weighted by molar-refractivity contribution is 7.97. The first-order valence-corrected chi connectivity index (χ1v) is 4.69. The zero-order valence-corrected chi connectivity index (χ0v) is 7.60. The molecular weight excluding hydrogens is 172 g/mol. The van der Waals surface area contributed by atoms with Gasteiger partial charge in [-0.15, -0.1) is 0 Å². The smallest absolute Gasteiger partial charge is 0.228 e. The van der Waals surface area contributed by atoms with E-state index >= 15 is 0 Å². The van der Waals surface area contributed by atoms with Crippen LogP contribution in [0.1, 0.15) is 6.92 Å². The van der Waals surface area contributed by atoms with Crippen molar-refractivity contribution in [1.29, 1.82) is 0 Å². The minimum Gasteiger partial charge on any atom is -0.472 e. The lowest BCUT2D eigenvalue weighted by molar-refractivity contribution is 0.215. The van der Waals surface area contributed by atoms with Gasteiger partial charge in [-0.05, 0) is 31.0 Å². The first kappa shape index (κ1) is 7.89. The lowest BCUT2D eigenvalue weighted by atomic mass is 10.4. The molecule has 1 aliphatic rings. The lowest BCUT2D eigenvalue weighted by Crippen LogP contribution is -2.22. The number of hydrogen-bond acceptors (Lipinski definition) is 4. The minimum atomic E-state index is 0.189. The van der Waals surface area contributed by atoms with Crippen LogP contribution in [0.25, 0.3) is 0 Å². The Kier molecular flexibility index (Phi) is 2.19. The van der Waals surface area contributed by atoms with Gasteiger partial charge in [-0.3, -0.25) is 4.72 Å². The third-order valence-electron chi connectivity index (χ3n) is 1.60. The monoisotopic (exact) mass is 182 g/mol. The van der Waals surface area contributed by atoms with E-state index in [9.17, 15) is 0 Å². The van der Waals surface area contributed by atoms with Crippen molar-refractivity contribution in [3.05, 3.63) is 18.3 Å². The first-order chi connectivity index (χ1) is 5.86. The minimum absolute atomic E-state index is 0.189. The molecule has 0 saturated heterocycles. The summed E-state index contributed by atoms with van der Waals surface area (Å²) in [5, 5.41) is 0. The molecule has 64 valence electrons. The highest BCUT2D eigenvalue weighted by Gasteiger charge is 2.13. The van der Waals surface area contributed by atoms with Gasteiger partial charge in [-0.2, -0.15) is 0 Å². The number of nitrogens with one attached hydrogen (secondary N) is 1. The van der Waals surface area contributed by atoms with Gasteiger partial charge in [0.2, 0.25) is 5.88 Å². The van der Waals surface area contributed by atoms with Crippen LogP contribution in [0.15, 0.2) is 23.2 Å². The third kappa shape index (κ3) is 1.54. The average Bonchev–Trinajstić information content (AvgIpc) is 2.25. The van der Waals surface area contributed by atoms with E-state index in [1.807, 2.05) is 19.1 Å². The topological polar surface area (TPSA) is 34.2 Å². The maximum atomic E-state index is 5.56. The molecule has 1 aliphatic heterocycles. The summed E-state index contributed by atoms with van der Waals surface area (Å²) >= 11 is 1.58. The van der Waals surface area contributed by atoms with Gasteiger partial charge in [0, 0.05) is 12.7 Å². The van der Waals surface area contributed by atoms with E-state index in [1.54, 1.807) is 18.1 Å². The molecule has 0 spiro atoms. The quantitative estimate of drug-likeness (QED) is 0.616. The first-order valence-electron chi connectivity index (χ1n) is 3.87. The van der Waals surface area contributed by atoms with E-state index < -0.39 is 0 Å². The average molecular weight is 182 g/mol. The predicted octanol–water partition coefficient (Wildman–Crippen LogP) is 1.46. The molecule has 1 unspecified atom stereocenters. The number of nitrogens with zero attached hydrogens (tertiary/aromatic N) is 1. The molecule has 1 atom stereocenters. The highest BCUT2D eigenvalue weighted by atomic mass is 32.2. The second-order valence-electron chi connectivity index (χ2n) is 2.69. The van der Waals surface area contributed by atoms with Gasteiger partial charge in [0.15, 0.2) is 0 Å². The lowest BCUT2D eigenvalue weighted by Gasteiger charge is -2.09. The van der Waals surface area contributed by atoms with Crippen molar-refractivity contribution in [2.75, 3.05) is 6.54 Å². The summed E-state index contributed by atoms with van der Waals surface area (Å²) in [5.41, 5.74) is 0. The standard InChI is InChI=1S/C8H10N2OS/c1-6-5-10-12-7-3-2-4-9-8(7)11-6/h2-4,6,10H,5H2,1H3. The number of aromatic nitrogens is 1. The molecule has 2 rings (SSSR count). The molecule has 0 radical (unpaired) electrons. The summed E-state index contributed by atoms with van der Waals surface area (Å²) in [4.78, 5) is 5.20. The zero-order chi connectivity index (χ0) is 8.39. The summed E-state index contributed by atoms with van der Waals surface area (Å²) in [7, 11) is 0. The van der Waals surface area contributed by atoms with Crippen LogP contribution in [-0.4, -0.2) is 17.6 Å². The molecule has 1 N–H and O–H groups in total. The Hall–Kier alpha value is -0.740. The SMILES string of the molecule is CC1CNSc2cccnc2O1. The normalized spacial score (nSPS) is 22.2. The number of pyridine rings is 1. The molecule has 1 aromatic heterocycles. The molecule has 0 aromatic carbocycles. The van der Waals surface area contributed by atoms with Crippen LogP contribution in [0.3, 0.4) is 0 Å². The maximum Gasteiger partial charge on any atom is 0.228 e.